The van der Waals surface area contributed by atoms with Crippen molar-refractivity contribution in [2.75, 3.05) is 0 Å². The standard InChI is InChI=1S/C17H16Br2O3/c1-10-4-5-11(2)16(8-10)22-17(20)12(3)21-15-7-6-13(18)9-14(15)19/h4-9,12H,1-3H3/t12-/m1/s1. The van der Waals surface area contributed by atoms with E-state index in [-0.39, 0.29) is 0 Å². The first kappa shape index (κ1) is 17.0. The normalized spacial score (nSPS) is 11.9. The van der Waals surface area contributed by atoms with Crippen LogP contribution in [0.4, 0.5) is 0 Å². The van der Waals surface area contributed by atoms with E-state index in [1.54, 1.807) is 13.0 Å². The predicted molar refractivity (Wildman–Crippen MR) is 93.5 cm³/mol. The maximum Gasteiger partial charge on any atom is 0.352 e. The van der Waals surface area contributed by atoms with E-state index < -0.39 is 12.1 Å². The Labute approximate surface area is 146 Å². The van der Waals surface area contributed by atoms with Crippen LogP contribution in [0.3, 0.4) is 0 Å². The van der Waals surface area contributed by atoms with Crippen molar-refractivity contribution in [2.45, 2.75) is 26.9 Å². The molecule has 0 saturated heterocycles. The first-order valence-corrected chi connectivity index (χ1v) is 8.36. The fourth-order valence-electron chi connectivity index (χ4n) is 1.82. The van der Waals surface area contributed by atoms with Crippen LogP contribution in [0, 0.1) is 13.8 Å². The largest absolute Gasteiger partial charge is 0.478 e. The van der Waals surface area contributed by atoms with Crippen molar-refractivity contribution in [3.63, 3.8) is 0 Å². The molecule has 2 aromatic carbocycles. The van der Waals surface area contributed by atoms with Crippen LogP contribution in [-0.2, 0) is 4.79 Å². The number of hydrogen-bond acceptors (Lipinski definition) is 3. The second-order valence-electron chi connectivity index (χ2n) is 5.02. The van der Waals surface area contributed by atoms with Gasteiger partial charge in [-0.05, 0) is 72.1 Å². The molecule has 0 unspecified atom stereocenters. The molecule has 0 bridgehead atoms. The molecule has 116 valence electrons. The van der Waals surface area contributed by atoms with Gasteiger partial charge in [0, 0.05) is 4.47 Å². The highest BCUT2D eigenvalue weighted by Gasteiger charge is 2.19. The number of halogens is 2. The summed E-state index contributed by atoms with van der Waals surface area (Å²) in [7, 11) is 0. The van der Waals surface area contributed by atoms with Gasteiger partial charge in [0.1, 0.15) is 11.5 Å². The molecule has 0 saturated carbocycles. The van der Waals surface area contributed by atoms with Gasteiger partial charge in [0.05, 0.1) is 4.47 Å². The summed E-state index contributed by atoms with van der Waals surface area (Å²) in [6, 6.07) is 11.2. The number of esters is 1. The van der Waals surface area contributed by atoms with Gasteiger partial charge >= 0.3 is 5.97 Å². The minimum atomic E-state index is -0.711. The lowest BCUT2D eigenvalue weighted by Gasteiger charge is -2.16. The van der Waals surface area contributed by atoms with Gasteiger partial charge in [-0.1, -0.05) is 28.1 Å². The minimum absolute atomic E-state index is 0.427. The van der Waals surface area contributed by atoms with E-state index in [1.807, 2.05) is 44.2 Å². The van der Waals surface area contributed by atoms with Crippen molar-refractivity contribution in [1.29, 1.82) is 0 Å². The Morgan fingerprint density at radius 1 is 1.05 bits per heavy atom. The fraction of sp³-hybridized carbons (Fsp3) is 0.235. The zero-order valence-electron chi connectivity index (χ0n) is 12.5. The average molecular weight is 428 g/mol. The number of benzene rings is 2. The molecule has 0 aliphatic carbocycles. The zero-order valence-corrected chi connectivity index (χ0v) is 15.7. The third-order valence-corrected chi connectivity index (χ3v) is 4.20. The molecule has 0 aromatic heterocycles. The topological polar surface area (TPSA) is 35.5 Å². The van der Waals surface area contributed by atoms with Crippen LogP contribution in [-0.4, -0.2) is 12.1 Å². The average Bonchev–Trinajstić information content (AvgIpc) is 2.45. The summed E-state index contributed by atoms with van der Waals surface area (Å²) in [5.74, 6) is 0.729. The molecule has 22 heavy (non-hydrogen) atoms. The van der Waals surface area contributed by atoms with Crippen LogP contribution in [0.25, 0.3) is 0 Å². The van der Waals surface area contributed by atoms with Gasteiger partial charge in [-0.15, -0.1) is 0 Å². The monoisotopic (exact) mass is 426 g/mol. The van der Waals surface area contributed by atoms with E-state index in [0.29, 0.717) is 11.5 Å². The number of aryl methyl sites for hydroxylation is 2. The van der Waals surface area contributed by atoms with E-state index in [9.17, 15) is 4.79 Å². The second-order valence-corrected chi connectivity index (χ2v) is 6.79. The van der Waals surface area contributed by atoms with Crippen molar-refractivity contribution in [3.05, 3.63) is 56.5 Å². The summed E-state index contributed by atoms with van der Waals surface area (Å²) in [6.07, 6.45) is -0.711. The van der Waals surface area contributed by atoms with Crippen LogP contribution < -0.4 is 9.47 Å². The van der Waals surface area contributed by atoms with Crippen LogP contribution in [0.15, 0.2) is 45.3 Å². The summed E-state index contributed by atoms with van der Waals surface area (Å²) in [5.41, 5.74) is 1.95. The van der Waals surface area contributed by atoms with Gasteiger partial charge in [0.2, 0.25) is 0 Å². The lowest BCUT2D eigenvalue weighted by molar-refractivity contribution is -0.141. The zero-order chi connectivity index (χ0) is 16.3. The molecule has 0 amide bonds. The second kappa shape index (κ2) is 7.29. The predicted octanol–water partition coefficient (Wildman–Crippen LogP) is 5.20. The molecule has 5 heteroatoms. The van der Waals surface area contributed by atoms with Gasteiger partial charge < -0.3 is 9.47 Å². The Hall–Kier alpha value is -1.33. The van der Waals surface area contributed by atoms with Gasteiger partial charge in [-0.3, -0.25) is 0 Å². The number of rotatable bonds is 4. The molecule has 2 aromatic rings. The smallest absolute Gasteiger partial charge is 0.352 e. The van der Waals surface area contributed by atoms with Crippen molar-refractivity contribution in [1.82, 2.24) is 0 Å². The molecule has 0 heterocycles. The van der Waals surface area contributed by atoms with E-state index in [0.717, 1.165) is 20.1 Å². The third kappa shape index (κ3) is 4.34. The molecular formula is C17H16Br2O3. The fourth-order valence-corrected chi connectivity index (χ4v) is 2.96. The first-order valence-electron chi connectivity index (χ1n) is 6.77. The SMILES string of the molecule is Cc1ccc(C)c(OC(=O)[C@@H](C)Oc2ccc(Br)cc2Br)c1. The van der Waals surface area contributed by atoms with Crippen LogP contribution in [0.1, 0.15) is 18.1 Å². The van der Waals surface area contributed by atoms with Crippen LogP contribution >= 0.6 is 31.9 Å². The van der Waals surface area contributed by atoms with E-state index in [4.69, 9.17) is 9.47 Å². The summed E-state index contributed by atoms with van der Waals surface area (Å²) in [6.45, 7) is 5.52. The number of ether oxygens (including phenoxy) is 2. The molecule has 0 aliphatic heterocycles. The molecule has 0 N–H and O–H groups in total. The number of hydrogen-bond donors (Lipinski definition) is 0. The van der Waals surface area contributed by atoms with Crippen molar-refractivity contribution >= 4 is 37.8 Å². The molecular weight excluding hydrogens is 412 g/mol. The molecule has 0 fully saturated rings. The number of carbonyl (C=O) groups excluding carboxylic acids is 1. The Balaban J connectivity index is 2.07. The highest BCUT2D eigenvalue weighted by atomic mass is 79.9. The third-order valence-electron chi connectivity index (χ3n) is 3.08. The molecule has 1 atom stereocenters. The summed E-state index contributed by atoms with van der Waals surface area (Å²) < 4.78 is 12.8. The minimum Gasteiger partial charge on any atom is -0.478 e. The lowest BCUT2D eigenvalue weighted by Crippen LogP contribution is -2.28. The van der Waals surface area contributed by atoms with Crippen molar-refractivity contribution in [3.8, 4) is 11.5 Å². The van der Waals surface area contributed by atoms with Crippen LogP contribution in [0.2, 0.25) is 0 Å². The quantitative estimate of drug-likeness (QED) is 0.496. The molecule has 0 spiro atoms. The van der Waals surface area contributed by atoms with Gasteiger partial charge in [-0.25, -0.2) is 4.79 Å². The van der Waals surface area contributed by atoms with Crippen molar-refractivity contribution < 1.29 is 14.3 Å². The Kier molecular flexibility index (Phi) is 5.64. The summed E-state index contributed by atoms with van der Waals surface area (Å²) >= 11 is 6.78. The summed E-state index contributed by atoms with van der Waals surface area (Å²) in [5, 5.41) is 0. The first-order chi connectivity index (χ1) is 10.4. The maximum absolute atomic E-state index is 12.2. The van der Waals surface area contributed by atoms with E-state index in [1.165, 1.54) is 0 Å². The van der Waals surface area contributed by atoms with Gasteiger partial charge in [-0.2, -0.15) is 0 Å². The Morgan fingerprint density at radius 2 is 1.77 bits per heavy atom. The van der Waals surface area contributed by atoms with Crippen LogP contribution in [0.5, 0.6) is 11.5 Å². The summed E-state index contributed by atoms with van der Waals surface area (Å²) in [4.78, 5) is 12.2. The Bertz CT molecular complexity index is 698. The lowest BCUT2D eigenvalue weighted by atomic mass is 10.1. The molecule has 0 radical (unpaired) electrons. The van der Waals surface area contributed by atoms with E-state index in [2.05, 4.69) is 31.9 Å². The van der Waals surface area contributed by atoms with Gasteiger partial charge in [0.15, 0.2) is 6.10 Å². The molecule has 3 nitrogen and oxygen atoms in total. The van der Waals surface area contributed by atoms with Gasteiger partial charge in [0.25, 0.3) is 0 Å². The van der Waals surface area contributed by atoms with Crippen molar-refractivity contribution in [2.24, 2.45) is 0 Å². The Morgan fingerprint density at radius 3 is 2.45 bits per heavy atom. The molecule has 0 aliphatic rings. The number of carbonyl (C=O) groups is 1. The molecule has 2 rings (SSSR count). The highest BCUT2D eigenvalue weighted by molar-refractivity contribution is 9.11. The maximum atomic E-state index is 12.2. The van der Waals surface area contributed by atoms with E-state index >= 15 is 0 Å². The highest BCUT2D eigenvalue weighted by Crippen LogP contribution is 2.29.